The fraction of sp³-hybridized carbons (Fsp3) is 0.312. The van der Waals surface area contributed by atoms with E-state index in [1.165, 1.54) is 6.07 Å². The Morgan fingerprint density at radius 3 is 2.65 bits per heavy atom. The van der Waals surface area contributed by atoms with Crippen molar-refractivity contribution in [1.82, 2.24) is 10.3 Å². The van der Waals surface area contributed by atoms with E-state index in [2.05, 4.69) is 33.2 Å². The molecule has 2 rings (SSSR count). The highest BCUT2D eigenvalue weighted by Crippen LogP contribution is 2.28. The zero-order valence-electron chi connectivity index (χ0n) is 11.4. The summed E-state index contributed by atoms with van der Waals surface area (Å²) in [6.45, 7) is 2.96. The summed E-state index contributed by atoms with van der Waals surface area (Å²) < 4.78 is 15.0. The van der Waals surface area contributed by atoms with Gasteiger partial charge in [-0.25, -0.2) is 4.39 Å². The molecule has 106 valence electrons. The first-order chi connectivity index (χ1) is 9.72. The van der Waals surface area contributed by atoms with Crippen LogP contribution in [0.1, 0.15) is 30.5 Å². The minimum absolute atomic E-state index is 0.0482. The van der Waals surface area contributed by atoms with E-state index in [1.807, 2.05) is 18.2 Å². The number of pyridine rings is 1. The summed E-state index contributed by atoms with van der Waals surface area (Å²) in [5.41, 5.74) is 1.83. The Balaban J connectivity index is 2.27. The number of nitrogens with one attached hydrogen (secondary N) is 1. The van der Waals surface area contributed by atoms with E-state index in [0.717, 1.165) is 29.4 Å². The molecule has 1 heterocycles. The van der Waals surface area contributed by atoms with Gasteiger partial charge < -0.3 is 5.32 Å². The normalized spacial score (nSPS) is 12.3. The Hall–Kier alpha value is -1.26. The molecular formula is C16H18BrFN2. The van der Waals surface area contributed by atoms with Gasteiger partial charge in [0, 0.05) is 28.5 Å². The Labute approximate surface area is 127 Å². The third-order valence-electron chi connectivity index (χ3n) is 3.18. The van der Waals surface area contributed by atoms with Crippen LogP contribution in [0.15, 0.2) is 47.2 Å². The predicted octanol–water partition coefficient (Wildman–Crippen LogP) is 4.27. The molecule has 2 aromatic rings. The fourth-order valence-corrected chi connectivity index (χ4v) is 2.81. The number of aromatic nitrogens is 1. The SMILES string of the molecule is CCCNC(Cc1ccncc1)c1c(F)cccc1Br. The summed E-state index contributed by atoms with van der Waals surface area (Å²) in [6, 6.07) is 8.99. The van der Waals surface area contributed by atoms with Gasteiger partial charge in [0.2, 0.25) is 0 Å². The van der Waals surface area contributed by atoms with Crippen molar-refractivity contribution in [1.29, 1.82) is 0 Å². The molecule has 1 aromatic carbocycles. The second-order valence-electron chi connectivity index (χ2n) is 4.70. The number of hydrogen-bond acceptors (Lipinski definition) is 2. The van der Waals surface area contributed by atoms with Crippen molar-refractivity contribution in [3.05, 3.63) is 64.1 Å². The number of halogens is 2. The lowest BCUT2D eigenvalue weighted by atomic mass is 9.99. The third-order valence-corrected chi connectivity index (χ3v) is 3.87. The summed E-state index contributed by atoms with van der Waals surface area (Å²) in [5, 5.41) is 3.43. The lowest BCUT2D eigenvalue weighted by molar-refractivity contribution is 0.495. The second kappa shape index (κ2) is 7.50. The zero-order valence-corrected chi connectivity index (χ0v) is 13.0. The molecule has 0 saturated heterocycles. The average molecular weight is 337 g/mol. The standard InChI is InChI=1S/C16H18BrFN2/c1-2-8-20-15(11-12-6-9-19-10-7-12)16-13(17)4-3-5-14(16)18/h3-7,9-10,15,20H,2,8,11H2,1H3. The van der Waals surface area contributed by atoms with Crippen LogP contribution < -0.4 is 5.32 Å². The topological polar surface area (TPSA) is 24.9 Å². The van der Waals surface area contributed by atoms with Gasteiger partial charge in [-0.15, -0.1) is 0 Å². The molecule has 0 aliphatic carbocycles. The molecule has 0 aliphatic rings. The molecule has 1 aromatic heterocycles. The van der Waals surface area contributed by atoms with Gasteiger partial charge in [0.05, 0.1) is 0 Å². The summed E-state index contributed by atoms with van der Waals surface area (Å²) >= 11 is 3.46. The van der Waals surface area contributed by atoms with Gasteiger partial charge in [0.15, 0.2) is 0 Å². The number of rotatable bonds is 6. The molecule has 1 atom stereocenters. The highest BCUT2D eigenvalue weighted by Gasteiger charge is 2.18. The monoisotopic (exact) mass is 336 g/mol. The van der Waals surface area contributed by atoms with Gasteiger partial charge in [-0.1, -0.05) is 28.9 Å². The smallest absolute Gasteiger partial charge is 0.129 e. The van der Waals surface area contributed by atoms with E-state index >= 15 is 0 Å². The van der Waals surface area contributed by atoms with Crippen molar-refractivity contribution in [2.24, 2.45) is 0 Å². The predicted molar refractivity (Wildman–Crippen MR) is 83.1 cm³/mol. The quantitative estimate of drug-likeness (QED) is 0.852. The molecule has 0 aliphatic heterocycles. The van der Waals surface area contributed by atoms with Crippen LogP contribution in [0.5, 0.6) is 0 Å². The van der Waals surface area contributed by atoms with Crippen LogP contribution in [-0.2, 0) is 6.42 Å². The van der Waals surface area contributed by atoms with Crippen molar-refractivity contribution in [2.75, 3.05) is 6.54 Å². The highest BCUT2D eigenvalue weighted by molar-refractivity contribution is 9.10. The first kappa shape index (κ1) is 15.1. The molecule has 1 N–H and O–H groups in total. The number of hydrogen-bond donors (Lipinski definition) is 1. The van der Waals surface area contributed by atoms with Crippen molar-refractivity contribution in [2.45, 2.75) is 25.8 Å². The average Bonchev–Trinajstić information content (AvgIpc) is 2.45. The molecule has 1 unspecified atom stereocenters. The maximum atomic E-state index is 14.1. The van der Waals surface area contributed by atoms with Gasteiger partial charge in [-0.2, -0.15) is 0 Å². The lowest BCUT2D eigenvalue weighted by Gasteiger charge is -2.21. The summed E-state index contributed by atoms with van der Waals surface area (Å²) in [6.07, 6.45) is 5.28. The summed E-state index contributed by atoms with van der Waals surface area (Å²) in [5.74, 6) is -0.179. The van der Waals surface area contributed by atoms with Crippen LogP contribution in [0.4, 0.5) is 4.39 Å². The van der Waals surface area contributed by atoms with E-state index in [0.29, 0.717) is 5.56 Å². The van der Waals surface area contributed by atoms with E-state index in [-0.39, 0.29) is 11.9 Å². The van der Waals surface area contributed by atoms with Crippen LogP contribution in [0.25, 0.3) is 0 Å². The Bertz CT molecular complexity index is 525. The minimum atomic E-state index is -0.179. The zero-order chi connectivity index (χ0) is 14.4. The third kappa shape index (κ3) is 3.87. The van der Waals surface area contributed by atoms with Crippen LogP contribution in [0.2, 0.25) is 0 Å². The Kier molecular flexibility index (Phi) is 5.68. The molecule has 0 fully saturated rings. The molecule has 2 nitrogen and oxygen atoms in total. The molecule has 0 spiro atoms. The molecule has 0 bridgehead atoms. The molecule has 0 saturated carbocycles. The van der Waals surface area contributed by atoms with Crippen molar-refractivity contribution >= 4 is 15.9 Å². The van der Waals surface area contributed by atoms with Gasteiger partial charge in [-0.05, 0) is 49.2 Å². The Morgan fingerprint density at radius 2 is 2.00 bits per heavy atom. The van der Waals surface area contributed by atoms with E-state index < -0.39 is 0 Å². The molecule has 0 amide bonds. The van der Waals surface area contributed by atoms with E-state index in [4.69, 9.17) is 0 Å². The molecular weight excluding hydrogens is 319 g/mol. The maximum absolute atomic E-state index is 14.1. The van der Waals surface area contributed by atoms with Crippen LogP contribution in [0.3, 0.4) is 0 Å². The second-order valence-corrected chi connectivity index (χ2v) is 5.56. The van der Waals surface area contributed by atoms with Crippen molar-refractivity contribution in [3.63, 3.8) is 0 Å². The van der Waals surface area contributed by atoms with Crippen molar-refractivity contribution in [3.8, 4) is 0 Å². The first-order valence-electron chi connectivity index (χ1n) is 6.78. The summed E-state index contributed by atoms with van der Waals surface area (Å²) in [4.78, 5) is 4.02. The van der Waals surface area contributed by atoms with Gasteiger partial charge in [0.25, 0.3) is 0 Å². The van der Waals surface area contributed by atoms with E-state index in [1.54, 1.807) is 18.5 Å². The first-order valence-corrected chi connectivity index (χ1v) is 7.58. The van der Waals surface area contributed by atoms with Crippen LogP contribution in [-0.4, -0.2) is 11.5 Å². The largest absolute Gasteiger partial charge is 0.310 e. The van der Waals surface area contributed by atoms with Gasteiger partial charge in [-0.3, -0.25) is 4.98 Å². The number of nitrogens with zero attached hydrogens (tertiary/aromatic N) is 1. The molecule has 4 heteroatoms. The van der Waals surface area contributed by atoms with Crippen molar-refractivity contribution < 1.29 is 4.39 Å². The maximum Gasteiger partial charge on any atom is 0.129 e. The van der Waals surface area contributed by atoms with Gasteiger partial charge >= 0.3 is 0 Å². The highest BCUT2D eigenvalue weighted by atomic mass is 79.9. The minimum Gasteiger partial charge on any atom is -0.310 e. The van der Waals surface area contributed by atoms with Crippen LogP contribution >= 0.6 is 15.9 Å². The Morgan fingerprint density at radius 1 is 1.25 bits per heavy atom. The number of benzene rings is 1. The fourth-order valence-electron chi connectivity index (χ4n) is 2.19. The molecule has 20 heavy (non-hydrogen) atoms. The lowest BCUT2D eigenvalue weighted by Crippen LogP contribution is -2.25. The molecule has 0 radical (unpaired) electrons. The van der Waals surface area contributed by atoms with Crippen LogP contribution in [0, 0.1) is 5.82 Å². The van der Waals surface area contributed by atoms with E-state index in [9.17, 15) is 4.39 Å². The summed E-state index contributed by atoms with van der Waals surface area (Å²) in [7, 11) is 0. The van der Waals surface area contributed by atoms with Gasteiger partial charge in [0.1, 0.15) is 5.82 Å².